The van der Waals surface area contributed by atoms with Gasteiger partial charge in [0, 0.05) is 12.8 Å². The summed E-state index contributed by atoms with van der Waals surface area (Å²) >= 11 is 0. The Morgan fingerprint density at radius 3 is 0.881 bits per heavy atom. The van der Waals surface area contributed by atoms with Crippen LogP contribution in [0.2, 0.25) is 0 Å². The topological polar surface area (TPSA) is 43.4 Å². The van der Waals surface area contributed by atoms with Gasteiger partial charge < -0.3 is 4.74 Å². The van der Waals surface area contributed by atoms with Crippen LogP contribution in [0.25, 0.3) is 0 Å². The highest BCUT2D eigenvalue weighted by atomic mass is 16.6. The van der Waals surface area contributed by atoms with Gasteiger partial charge in [-0.15, -0.1) is 0 Å². The van der Waals surface area contributed by atoms with Crippen LogP contribution in [-0.2, 0) is 14.3 Å². The van der Waals surface area contributed by atoms with Gasteiger partial charge in [0.1, 0.15) is 0 Å². The van der Waals surface area contributed by atoms with Crippen LogP contribution in [0.3, 0.4) is 0 Å². The second-order valence-corrected chi connectivity index (χ2v) is 12.9. The summed E-state index contributed by atoms with van der Waals surface area (Å²) in [5.41, 5.74) is 0. The summed E-state index contributed by atoms with van der Waals surface area (Å²) in [6.07, 6.45) is 45.6. The Kier molecular flexibility index (Phi) is 35.1. The molecule has 0 aromatic heterocycles. The Morgan fingerprint density at radius 1 is 0.357 bits per heavy atom. The molecule has 0 spiro atoms. The second kappa shape index (κ2) is 36.1. The molecule has 0 aliphatic heterocycles. The molecule has 0 atom stereocenters. The summed E-state index contributed by atoms with van der Waals surface area (Å²) in [4.78, 5) is 23.9. The van der Waals surface area contributed by atoms with Crippen LogP contribution in [0.15, 0.2) is 12.2 Å². The second-order valence-electron chi connectivity index (χ2n) is 12.9. The van der Waals surface area contributed by atoms with E-state index in [0.717, 1.165) is 25.7 Å². The number of ether oxygens (including phenoxy) is 1. The van der Waals surface area contributed by atoms with Crippen LogP contribution < -0.4 is 0 Å². The number of unbranched alkanes of at least 4 members (excludes halogenated alkanes) is 28. The average molecular weight is 591 g/mol. The first-order valence-corrected chi connectivity index (χ1v) is 19.1. The summed E-state index contributed by atoms with van der Waals surface area (Å²) in [6.45, 7) is 4.55. The van der Waals surface area contributed by atoms with Gasteiger partial charge >= 0.3 is 11.9 Å². The number of carbonyl (C=O) groups excluding carboxylic acids is 2. The fraction of sp³-hybridized carbons (Fsp3) is 0.897. The summed E-state index contributed by atoms with van der Waals surface area (Å²) < 4.78 is 5.02. The molecule has 0 saturated carbocycles. The third-order valence-electron chi connectivity index (χ3n) is 8.60. The molecule has 0 radical (unpaired) electrons. The highest BCUT2D eigenvalue weighted by molar-refractivity contribution is 5.85. The summed E-state index contributed by atoms with van der Waals surface area (Å²) in [7, 11) is 0. The Morgan fingerprint density at radius 2 is 0.595 bits per heavy atom. The first-order valence-electron chi connectivity index (χ1n) is 19.1. The van der Waals surface area contributed by atoms with E-state index in [1.165, 1.54) is 173 Å². The largest absolute Gasteiger partial charge is 0.393 e. The molecular formula is C39H74O3. The van der Waals surface area contributed by atoms with Gasteiger partial charge in [0.15, 0.2) is 0 Å². The molecule has 0 amide bonds. The van der Waals surface area contributed by atoms with Crippen molar-refractivity contribution in [2.45, 2.75) is 226 Å². The third kappa shape index (κ3) is 35.1. The van der Waals surface area contributed by atoms with E-state index in [-0.39, 0.29) is 11.9 Å². The number of allylic oxidation sites excluding steroid dienone is 2. The zero-order valence-electron chi connectivity index (χ0n) is 28.7. The highest BCUT2D eigenvalue weighted by Gasteiger charge is 2.10. The number of carbonyl (C=O) groups is 2. The molecule has 0 unspecified atom stereocenters. The monoisotopic (exact) mass is 591 g/mol. The first-order chi connectivity index (χ1) is 20.7. The van der Waals surface area contributed by atoms with Crippen molar-refractivity contribution >= 4 is 11.9 Å². The quantitative estimate of drug-likeness (QED) is 0.0324. The molecule has 0 heterocycles. The summed E-state index contributed by atoms with van der Waals surface area (Å²) in [6, 6.07) is 0. The van der Waals surface area contributed by atoms with Crippen LogP contribution in [0.1, 0.15) is 226 Å². The fourth-order valence-electron chi connectivity index (χ4n) is 5.74. The van der Waals surface area contributed by atoms with Crippen molar-refractivity contribution in [3.05, 3.63) is 12.2 Å². The van der Waals surface area contributed by atoms with Crippen molar-refractivity contribution < 1.29 is 14.3 Å². The summed E-state index contributed by atoms with van der Waals surface area (Å²) in [5.74, 6) is -0.654. The van der Waals surface area contributed by atoms with Crippen LogP contribution in [0.4, 0.5) is 0 Å². The number of hydrogen-bond acceptors (Lipinski definition) is 3. The van der Waals surface area contributed by atoms with Crippen molar-refractivity contribution in [1.29, 1.82) is 0 Å². The van der Waals surface area contributed by atoms with Gasteiger partial charge in [-0.1, -0.05) is 187 Å². The Bertz CT molecular complexity index is 582. The molecule has 0 aromatic carbocycles. The van der Waals surface area contributed by atoms with Crippen molar-refractivity contribution in [2.24, 2.45) is 0 Å². The lowest BCUT2D eigenvalue weighted by molar-refractivity contribution is -0.159. The van der Waals surface area contributed by atoms with E-state index < -0.39 is 0 Å². The van der Waals surface area contributed by atoms with E-state index in [4.69, 9.17) is 4.74 Å². The minimum atomic E-state index is -0.327. The third-order valence-corrected chi connectivity index (χ3v) is 8.60. The maximum atomic E-state index is 11.9. The lowest BCUT2D eigenvalue weighted by atomic mass is 10.0. The molecule has 0 aliphatic rings. The van der Waals surface area contributed by atoms with Gasteiger partial charge in [0.2, 0.25) is 0 Å². The van der Waals surface area contributed by atoms with E-state index in [9.17, 15) is 9.59 Å². The van der Waals surface area contributed by atoms with E-state index >= 15 is 0 Å². The van der Waals surface area contributed by atoms with Crippen molar-refractivity contribution in [3.8, 4) is 0 Å². The lowest BCUT2D eigenvalue weighted by Crippen LogP contribution is -2.11. The van der Waals surface area contributed by atoms with Gasteiger partial charge in [0.25, 0.3) is 0 Å². The predicted molar refractivity (Wildman–Crippen MR) is 184 cm³/mol. The first kappa shape index (κ1) is 40.9. The number of hydrogen-bond donors (Lipinski definition) is 0. The fourth-order valence-corrected chi connectivity index (χ4v) is 5.74. The van der Waals surface area contributed by atoms with E-state index in [1.807, 2.05) is 0 Å². The molecule has 3 nitrogen and oxygen atoms in total. The number of rotatable bonds is 34. The van der Waals surface area contributed by atoms with Crippen LogP contribution in [-0.4, -0.2) is 11.9 Å². The van der Waals surface area contributed by atoms with E-state index in [2.05, 4.69) is 26.0 Å². The molecule has 3 heteroatoms. The molecule has 0 N–H and O–H groups in total. The van der Waals surface area contributed by atoms with Gasteiger partial charge in [-0.25, -0.2) is 0 Å². The minimum Gasteiger partial charge on any atom is -0.393 e. The molecule has 0 aromatic rings. The molecule has 0 rings (SSSR count). The summed E-state index contributed by atoms with van der Waals surface area (Å²) in [5, 5.41) is 0. The Hall–Kier alpha value is -1.12. The zero-order valence-corrected chi connectivity index (χ0v) is 28.7. The van der Waals surface area contributed by atoms with Gasteiger partial charge in [-0.2, -0.15) is 0 Å². The molecule has 0 bridgehead atoms. The number of esters is 2. The van der Waals surface area contributed by atoms with Crippen molar-refractivity contribution in [2.75, 3.05) is 0 Å². The Labute approximate surface area is 263 Å². The molecular weight excluding hydrogens is 516 g/mol. The van der Waals surface area contributed by atoms with Gasteiger partial charge in [-0.3, -0.25) is 9.59 Å². The maximum absolute atomic E-state index is 11.9. The molecule has 0 aliphatic carbocycles. The SMILES string of the molecule is CCCCCCCC/C=C\CCCCCCCCCCCC(=O)OC(=O)CCCCCCCCCCCCCCCC. The minimum absolute atomic E-state index is 0.327. The standard InChI is InChI=1S/C39H74O3/c1-3-5-7-9-11-13-15-17-19-20-21-22-23-25-27-29-31-33-35-37-39(41)42-38(40)36-34-32-30-28-26-24-18-16-14-12-10-8-6-4-2/h17,19H,3-16,18,20-37H2,1-2H3/b19-17-. The smallest absolute Gasteiger partial charge is 0.313 e. The molecule has 42 heavy (non-hydrogen) atoms. The van der Waals surface area contributed by atoms with Crippen LogP contribution in [0, 0.1) is 0 Å². The average Bonchev–Trinajstić information content (AvgIpc) is 2.98. The maximum Gasteiger partial charge on any atom is 0.313 e. The lowest BCUT2D eigenvalue weighted by Gasteiger charge is -2.05. The van der Waals surface area contributed by atoms with E-state index in [1.54, 1.807) is 0 Å². The predicted octanol–water partition coefficient (Wildman–Crippen LogP) is 13.5. The molecule has 0 fully saturated rings. The Balaban J connectivity index is 3.30. The normalized spacial score (nSPS) is 11.5. The van der Waals surface area contributed by atoms with Gasteiger partial charge in [0.05, 0.1) is 0 Å². The van der Waals surface area contributed by atoms with Crippen molar-refractivity contribution in [3.63, 3.8) is 0 Å². The molecule has 248 valence electrons. The highest BCUT2D eigenvalue weighted by Crippen LogP contribution is 2.15. The van der Waals surface area contributed by atoms with E-state index in [0.29, 0.717) is 12.8 Å². The van der Waals surface area contributed by atoms with Gasteiger partial charge in [-0.05, 0) is 38.5 Å². The van der Waals surface area contributed by atoms with Crippen LogP contribution in [0.5, 0.6) is 0 Å². The molecule has 0 saturated heterocycles. The zero-order chi connectivity index (χ0) is 30.6. The van der Waals surface area contributed by atoms with Crippen molar-refractivity contribution in [1.82, 2.24) is 0 Å². The van der Waals surface area contributed by atoms with Crippen LogP contribution >= 0.6 is 0 Å².